The highest BCUT2D eigenvalue weighted by Gasteiger charge is 2.13. The summed E-state index contributed by atoms with van der Waals surface area (Å²) >= 11 is 0. The largest absolute Gasteiger partial charge is 0.480 e. The SMILES string of the molecule is COC(=O)c1ccc(CCC(=O)N[C@H](C)C(=O)O)cc1. The predicted octanol–water partition coefficient (Wildman–Crippen LogP) is 0.995. The van der Waals surface area contributed by atoms with Gasteiger partial charge >= 0.3 is 11.9 Å². The second-order valence-electron chi connectivity index (χ2n) is 4.32. The summed E-state index contributed by atoms with van der Waals surface area (Å²) in [6.45, 7) is 1.41. The Balaban J connectivity index is 2.48. The number of rotatable bonds is 6. The zero-order valence-electron chi connectivity index (χ0n) is 11.4. The van der Waals surface area contributed by atoms with Gasteiger partial charge in [0.25, 0.3) is 0 Å². The van der Waals surface area contributed by atoms with Gasteiger partial charge in [-0.05, 0) is 31.0 Å². The molecular formula is C14H17NO5. The molecule has 0 unspecified atom stereocenters. The summed E-state index contributed by atoms with van der Waals surface area (Å²) in [4.78, 5) is 33.3. The highest BCUT2D eigenvalue weighted by atomic mass is 16.5. The summed E-state index contributed by atoms with van der Waals surface area (Å²) in [5.41, 5.74) is 1.33. The summed E-state index contributed by atoms with van der Waals surface area (Å²) in [5, 5.41) is 11.0. The van der Waals surface area contributed by atoms with Crippen LogP contribution in [0.1, 0.15) is 29.3 Å². The molecular weight excluding hydrogens is 262 g/mol. The number of methoxy groups -OCH3 is 1. The lowest BCUT2D eigenvalue weighted by Crippen LogP contribution is -2.38. The molecule has 1 atom stereocenters. The van der Waals surface area contributed by atoms with Crippen molar-refractivity contribution in [2.24, 2.45) is 0 Å². The number of aliphatic carboxylic acids is 1. The molecule has 0 aliphatic heterocycles. The van der Waals surface area contributed by atoms with Crippen LogP contribution in [0.5, 0.6) is 0 Å². The Kier molecular flexibility index (Phi) is 5.71. The molecule has 0 radical (unpaired) electrons. The van der Waals surface area contributed by atoms with Gasteiger partial charge in [0.1, 0.15) is 6.04 Å². The third-order valence-corrected chi connectivity index (χ3v) is 2.76. The minimum Gasteiger partial charge on any atom is -0.480 e. The first-order chi connectivity index (χ1) is 9.43. The van der Waals surface area contributed by atoms with Gasteiger partial charge in [-0.2, -0.15) is 0 Å². The van der Waals surface area contributed by atoms with Crippen molar-refractivity contribution in [3.63, 3.8) is 0 Å². The van der Waals surface area contributed by atoms with Crippen molar-refractivity contribution >= 4 is 17.8 Å². The molecule has 1 aromatic carbocycles. The van der Waals surface area contributed by atoms with E-state index in [1.807, 2.05) is 0 Å². The number of carbonyl (C=O) groups excluding carboxylic acids is 2. The van der Waals surface area contributed by atoms with E-state index in [2.05, 4.69) is 10.1 Å². The Labute approximate surface area is 116 Å². The van der Waals surface area contributed by atoms with Crippen LogP contribution in [0.25, 0.3) is 0 Å². The van der Waals surface area contributed by atoms with Crippen LogP contribution in [-0.2, 0) is 20.7 Å². The molecule has 1 rings (SSSR count). The highest BCUT2D eigenvalue weighted by molar-refractivity contribution is 5.89. The molecule has 0 aliphatic carbocycles. The Morgan fingerprint density at radius 1 is 1.25 bits per heavy atom. The van der Waals surface area contributed by atoms with E-state index in [-0.39, 0.29) is 12.3 Å². The number of hydrogen-bond acceptors (Lipinski definition) is 4. The Bertz CT molecular complexity index is 495. The fourth-order valence-electron chi connectivity index (χ4n) is 1.56. The van der Waals surface area contributed by atoms with Gasteiger partial charge in [-0.3, -0.25) is 9.59 Å². The van der Waals surface area contributed by atoms with Crippen LogP contribution < -0.4 is 5.32 Å². The van der Waals surface area contributed by atoms with E-state index in [4.69, 9.17) is 5.11 Å². The van der Waals surface area contributed by atoms with Crippen LogP contribution in [0, 0.1) is 0 Å². The average Bonchev–Trinajstić information content (AvgIpc) is 2.44. The molecule has 0 spiro atoms. The summed E-state index contributed by atoms with van der Waals surface area (Å²) in [6, 6.07) is 5.82. The van der Waals surface area contributed by atoms with Gasteiger partial charge in [0.2, 0.25) is 5.91 Å². The number of benzene rings is 1. The van der Waals surface area contributed by atoms with Crippen molar-refractivity contribution in [2.45, 2.75) is 25.8 Å². The fraction of sp³-hybridized carbons (Fsp3) is 0.357. The van der Waals surface area contributed by atoms with Crippen LogP contribution in [0.3, 0.4) is 0 Å². The second kappa shape index (κ2) is 7.28. The molecule has 0 fully saturated rings. The molecule has 1 aromatic rings. The van der Waals surface area contributed by atoms with Gasteiger partial charge in [0.15, 0.2) is 0 Å². The van der Waals surface area contributed by atoms with Crippen LogP contribution >= 0.6 is 0 Å². The molecule has 1 amide bonds. The fourth-order valence-corrected chi connectivity index (χ4v) is 1.56. The molecule has 0 bridgehead atoms. The van der Waals surface area contributed by atoms with Gasteiger partial charge in [0.05, 0.1) is 12.7 Å². The number of hydrogen-bond donors (Lipinski definition) is 2. The molecule has 6 nitrogen and oxygen atoms in total. The van der Waals surface area contributed by atoms with Crippen molar-refractivity contribution in [1.29, 1.82) is 0 Å². The maximum atomic E-state index is 11.5. The standard InChI is InChI=1S/C14H17NO5/c1-9(13(17)18)15-12(16)8-5-10-3-6-11(7-4-10)14(19)20-2/h3-4,6-7,9H,5,8H2,1-2H3,(H,15,16)(H,17,18)/t9-/m1/s1. The first kappa shape index (κ1) is 15.7. The number of nitrogens with one attached hydrogen (secondary N) is 1. The molecule has 20 heavy (non-hydrogen) atoms. The van der Waals surface area contributed by atoms with E-state index < -0.39 is 18.0 Å². The number of carbonyl (C=O) groups is 3. The number of ether oxygens (including phenoxy) is 1. The third-order valence-electron chi connectivity index (χ3n) is 2.76. The van der Waals surface area contributed by atoms with E-state index in [0.717, 1.165) is 5.56 Å². The van der Waals surface area contributed by atoms with E-state index in [1.54, 1.807) is 24.3 Å². The van der Waals surface area contributed by atoms with Crippen molar-refractivity contribution in [1.82, 2.24) is 5.32 Å². The Morgan fingerprint density at radius 2 is 1.85 bits per heavy atom. The van der Waals surface area contributed by atoms with Crippen molar-refractivity contribution < 1.29 is 24.2 Å². The summed E-state index contributed by atoms with van der Waals surface area (Å²) in [6.07, 6.45) is 0.662. The highest BCUT2D eigenvalue weighted by Crippen LogP contribution is 2.08. The van der Waals surface area contributed by atoms with Gasteiger partial charge in [0, 0.05) is 6.42 Å². The summed E-state index contributed by atoms with van der Waals surface area (Å²) < 4.78 is 4.58. The molecule has 0 saturated heterocycles. The van der Waals surface area contributed by atoms with Crippen LogP contribution in [-0.4, -0.2) is 36.1 Å². The van der Waals surface area contributed by atoms with E-state index in [0.29, 0.717) is 12.0 Å². The van der Waals surface area contributed by atoms with E-state index in [9.17, 15) is 14.4 Å². The Hall–Kier alpha value is -2.37. The lowest BCUT2D eigenvalue weighted by atomic mass is 10.1. The van der Waals surface area contributed by atoms with Gasteiger partial charge in [-0.25, -0.2) is 4.79 Å². The van der Waals surface area contributed by atoms with E-state index in [1.165, 1.54) is 14.0 Å². The maximum Gasteiger partial charge on any atom is 0.337 e. The number of aryl methyl sites for hydroxylation is 1. The first-order valence-corrected chi connectivity index (χ1v) is 6.13. The maximum absolute atomic E-state index is 11.5. The Morgan fingerprint density at radius 3 is 2.35 bits per heavy atom. The number of esters is 1. The molecule has 2 N–H and O–H groups in total. The quantitative estimate of drug-likeness (QED) is 0.758. The molecule has 108 valence electrons. The zero-order chi connectivity index (χ0) is 15.1. The third kappa shape index (κ3) is 4.72. The predicted molar refractivity (Wildman–Crippen MR) is 71.3 cm³/mol. The smallest absolute Gasteiger partial charge is 0.337 e. The van der Waals surface area contributed by atoms with Gasteiger partial charge in [-0.15, -0.1) is 0 Å². The number of carboxylic acids is 1. The lowest BCUT2D eigenvalue weighted by molar-refractivity contribution is -0.141. The monoisotopic (exact) mass is 279 g/mol. The topological polar surface area (TPSA) is 92.7 Å². The minimum atomic E-state index is -1.07. The normalized spacial score (nSPS) is 11.5. The summed E-state index contributed by atoms with van der Waals surface area (Å²) in [5.74, 6) is -1.80. The van der Waals surface area contributed by atoms with Crippen LogP contribution in [0.2, 0.25) is 0 Å². The summed E-state index contributed by atoms with van der Waals surface area (Å²) in [7, 11) is 1.31. The zero-order valence-corrected chi connectivity index (χ0v) is 11.4. The van der Waals surface area contributed by atoms with Crippen LogP contribution in [0.15, 0.2) is 24.3 Å². The van der Waals surface area contributed by atoms with E-state index >= 15 is 0 Å². The second-order valence-corrected chi connectivity index (χ2v) is 4.32. The lowest BCUT2D eigenvalue weighted by Gasteiger charge is -2.09. The van der Waals surface area contributed by atoms with Crippen LogP contribution in [0.4, 0.5) is 0 Å². The molecule has 0 aromatic heterocycles. The van der Waals surface area contributed by atoms with Gasteiger partial charge in [-0.1, -0.05) is 12.1 Å². The number of carboxylic acid groups (broad SMARTS) is 1. The molecule has 0 aliphatic rings. The molecule has 6 heteroatoms. The van der Waals surface area contributed by atoms with Crippen molar-refractivity contribution in [3.05, 3.63) is 35.4 Å². The number of amides is 1. The molecule has 0 saturated carbocycles. The molecule has 0 heterocycles. The minimum absolute atomic E-state index is 0.190. The van der Waals surface area contributed by atoms with Crippen molar-refractivity contribution in [3.8, 4) is 0 Å². The van der Waals surface area contributed by atoms with Crippen molar-refractivity contribution in [2.75, 3.05) is 7.11 Å². The first-order valence-electron chi connectivity index (χ1n) is 6.13. The van der Waals surface area contributed by atoms with Gasteiger partial charge < -0.3 is 15.2 Å². The average molecular weight is 279 g/mol.